The molecule has 0 aromatic heterocycles. The quantitative estimate of drug-likeness (QED) is 0.453. The van der Waals surface area contributed by atoms with Crippen LogP contribution in [0.2, 0.25) is 0 Å². The van der Waals surface area contributed by atoms with Crippen LogP contribution in [0.15, 0.2) is 101 Å². The number of halogens is 2. The Hall–Kier alpha value is -1.83. The summed E-state index contributed by atoms with van der Waals surface area (Å²) in [6.07, 6.45) is 14.6. The van der Waals surface area contributed by atoms with Gasteiger partial charge in [0.05, 0.1) is 0 Å². The van der Waals surface area contributed by atoms with Gasteiger partial charge < -0.3 is 24.8 Å². The smallest absolute Gasteiger partial charge is 1.00 e. The van der Waals surface area contributed by atoms with Gasteiger partial charge in [0.1, 0.15) is 0 Å². The zero-order valence-corrected chi connectivity index (χ0v) is 21.4. The van der Waals surface area contributed by atoms with Gasteiger partial charge in [-0.25, -0.2) is 0 Å². The topological polar surface area (TPSA) is 0 Å². The Morgan fingerprint density at radius 1 is 0.688 bits per heavy atom. The molecule has 0 aliphatic heterocycles. The maximum atomic E-state index is 2.72. The van der Waals surface area contributed by atoms with E-state index in [1.54, 1.807) is 3.87 Å². The summed E-state index contributed by atoms with van der Waals surface area (Å²) in [5.41, 5.74) is 5.82. The Kier molecular flexibility index (Phi) is 8.42. The van der Waals surface area contributed by atoms with Crippen molar-refractivity contribution in [3.8, 4) is 0 Å². The molecule has 0 N–H and O–H groups in total. The minimum atomic E-state index is -2.91. The molecule has 0 fully saturated rings. The van der Waals surface area contributed by atoms with Crippen molar-refractivity contribution in [2.24, 2.45) is 0 Å². The third-order valence-corrected chi connectivity index (χ3v) is 14.8. The third-order valence-electron chi connectivity index (χ3n) is 6.75. The number of fused-ring (bicyclic) bond motifs is 2. The Morgan fingerprint density at radius 2 is 1.19 bits per heavy atom. The molecule has 0 radical (unpaired) electrons. The van der Waals surface area contributed by atoms with Crippen LogP contribution in [0.3, 0.4) is 0 Å². The molecule has 32 heavy (non-hydrogen) atoms. The molecule has 0 bridgehead atoms. The van der Waals surface area contributed by atoms with E-state index in [0.717, 1.165) is 6.42 Å². The number of rotatable bonds is 6. The first-order valence-corrected chi connectivity index (χ1v) is 14.6. The van der Waals surface area contributed by atoms with Crippen LogP contribution in [0.1, 0.15) is 50.5 Å². The van der Waals surface area contributed by atoms with Crippen molar-refractivity contribution in [1.82, 2.24) is 0 Å². The van der Waals surface area contributed by atoms with Gasteiger partial charge in [0.2, 0.25) is 0 Å². The first-order chi connectivity index (χ1) is 14.8. The van der Waals surface area contributed by atoms with Gasteiger partial charge in [-0.2, -0.15) is 0 Å². The monoisotopic (exact) mass is 494 g/mol. The average molecular weight is 495 g/mol. The molecule has 162 valence electrons. The predicted molar refractivity (Wildman–Crippen MR) is 127 cm³/mol. The van der Waals surface area contributed by atoms with Gasteiger partial charge >= 0.3 is 185 Å². The molecule has 0 nitrogen and oxygen atoms in total. The SMILES string of the molecule is CCCC=[CH][Ti+2]([c]1ccccc1)([CH]1C=Cc2ccccc21)[CH]1C=Cc2ccccc21.[Cl-].[Cl-]. The van der Waals surface area contributed by atoms with Crippen molar-refractivity contribution < 1.29 is 41.4 Å². The van der Waals surface area contributed by atoms with Crippen molar-refractivity contribution in [3.05, 3.63) is 124 Å². The molecule has 0 saturated heterocycles. The molecular formula is C29H28Cl2Ti. The van der Waals surface area contributed by atoms with Gasteiger partial charge in [0.15, 0.2) is 0 Å². The second-order valence-corrected chi connectivity index (χ2v) is 14.7. The summed E-state index contributed by atoms with van der Waals surface area (Å²) in [6.45, 7) is 2.27. The van der Waals surface area contributed by atoms with Crippen LogP contribution < -0.4 is 28.7 Å². The number of hydrogen-bond acceptors (Lipinski definition) is 0. The van der Waals surface area contributed by atoms with E-state index in [0.29, 0.717) is 8.45 Å². The number of benzene rings is 3. The van der Waals surface area contributed by atoms with Crippen LogP contribution in [-0.4, -0.2) is 0 Å². The minimum Gasteiger partial charge on any atom is -1.00 e. The van der Waals surface area contributed by atoms with E-state index in [1.165, 1.54) is 28.7 Å². The second kappa shape index (κ2) is 10.9. The van der Waals surface area contributed by atoms with Crippen molar-refractivity contribution in [3.63, 3.8) is 0 Å². The Labute approximate surface area is 208 Å². The molecule has 5 rings (SSSR count). The molecule has 2 atom stereocenters. The molecular weight excluding hydrogens is 467 g/mol. The summed E-state index contributed by atoms with van der Waals surface area (Å²) in [6, 6.07) is 29.5. The predicted octanol–water partition coefficient (Wildman–Crippen LogP) is 1.32. The van der Waals surface area contributed by atoms with Gasteiger partial charge in [-0.3, -0.25) is 0 Å². The Bertz CT molecular complexity index is 1070. The second-order valence-electron chi connectivity index (χ2n) is 8.42. The Morgan fingerprint density at radius 3 is 1.72 bits per heavy atom. The largest absolute Gasteiger partial charge is 1.00 e. The maximum absolute atomic E-state index is 2.91. The fourth-order valence-electron chi connectivity index (χ4n) is 5.36. The van der Waals surface area contributed by atoms with Gasteiger partial charge in [0, 0.05) is 0 Å². The molecule has 0 amide bonds. The van der Waals surface area contributed by atoms with Crippen molar-refractivity contribution >= 4 is 16.0 Å². The van der Waals surface area contributed by atoms with Gasteiger partial charge in [-0.1, -0.05) is 0 Å². The number of allylic oxidation sites excluding steroid dienone is 3. The van der Waals surface area contributed by atoms with Gasteiger partial charge in [-0.15, -0.1) is 0 Å². The molecule has 0 spiro atoms. The normalized spacial score (nSPS) is 18.7. The summed E-state index contributed by atoms with van der Waals surface area (Å²) in [7, 11) is 0. The van der Waals surface area contributed by atoms with Crippen molar-refractivity contribution in [2.75, 3.05) is 0 Å². The van der Waals surface area contributed by atoms with E-state index in [1.807, 2.05) is 0 Å². The molecule has 3 aromatic carbocycles. The fraction of sp³-hybridized carbons (Fsp3) is 0.172. The van der Waals surface area contributed by atoms with E-state index in [4.69, 9.17) is 0 Å². The molecule has 2 aliphatic rings. The van der Waals surface area contributed by atoms with Crippen LogP contribution >= 0.6 is 0 Å². The van der Waals surface area contributed by atoms with Gasteiger partial charge in [-0.05, 0) is 0 Å². The van der Waals surface area contributed by atoms with E-state index in [2.05, 4.69) is 121 Å². The zero-order chi connectivity index (χ0) is 20.4. The zero-order valence-electron chi connectivity index (χ0n) is 18.3. The van der Waals surface area contributed by atoms with E-state index < -0.39 is 16.6 Å². The summed E-state index contributed by atoms with van der Waals surface area (Å²) in [5, 5.41) is 0. The standard InChI is InChI=1S/2C9H7.C6H5.C5H9.2ClH.Ti/c2*1-2-5-9-7-3-6-8(9)4-1;1-2-4-6-5-3-1;1-3-5-4-2;;;/h2*1-7H;1-5H;1,3H,4-5H2,2H3;2*1H;/q;;;;;;+2/p-2. The van der Waals surface area contributed by atoms with Crippen LogP contribution in [0, 0.1) is 0 Å². The van der Waals surface area contributed by atoms with Gasteiger partial charge in [0.25, 0.3) is 0 Å². The fourth-order valence-corrected chi connectivity index (χ4v) is 13.8. The molecule has 2 aliphatic carbocycles. The van der Waals surface area contributed by atoms with Crippen LogP contribution in [-0.2, 0) is 16.6 Å². The van der Waals surface area contributed by atoms with Crippen LogP contribution in [0.25, 0.3) is 12.2 Å². The third kappa shape index (κ3) is 4.22. The first kappa shape index (κ1) is 24.8. The number of hydrogen-bond donors (Lipinski definition) is 0. The molecule has 0 saturated carbocycles. The van der Waals surface area contributed by atoms with Crippen molar-refractivity contribution in [1.29, 1.82) is 0 Å². The summed E-state index contributed by atoms with van der Waals surface area (Å²) >= 11 is -2.91. The molecule has 3 heteroatoms. The van der Waals surface area contributed by atoms with Crippen LogP contribution in [0.4, 0.5) is 0 Å². The van der Waals surface area contributed by atoms with Crippen molar-refractivity contribution in [2.45, 2.75) is 28.2 Å². The maximum Gasteiger partial charge on any atom is -1.00 e. The van der Waals surface area contributed by atoms with E-state index in [9.17, 15) is 0 Å². The first-order valence-electron chi connectivity index (χ1n) is 11.1. The summed E-state index contributed by atoms with van der Waals surface area (Å²) in [4.78, 5) is 0. The Balaban J connectivity index is 0.00000144. The summed E-state index contributed by atoms with van der Waals surface area (Å²) < 4.78 is 5.25. The van der Waals surface area contributed by atoms with Crippen LogP contribution in [0.5, 0.6) is 0 Å². The summed E-state index contributed by atoms with van der Waals surface area (Å²) in [5.74, 6) is 0. The molecule has 3 aromatic rings. The van der Waals surface area contributed by atoms with E-state index in [-0.39, 0.29) is 24.8 Å². The minimum absolute atomic E-state index is 0. The average Bonchev–Trinajstić information content (AvgIpc) is 3.43. The molecule has 2 unspecified atom stereocenters. The molecule has 0 heterocycles. The van der Waals surface area contributed by atoms with E-state index >= 15 is 0 Å². The number of unbranched alkanes of at least 4 members (excludes halogenated alkanes) is 1.